The fourth-order valence-electron chi connectivity index (χ4n) is 1.37. The molecule has 4 N–H and O–H groups in total. The van der Waals surface area contributed by atoms with E-state index in [2.05, 4.69) is 33.3 Å². The molecule has 0 saturated carbocycles. The minimum absolute atomic E-state index is 0.0431. The molecule has 0 unspecified atom stereocenters. The lowest BCUT2D eigenvalue weighted by atomic mass is 10.2. The van der Waals surface area contributed by atoms with Crippen molar-refractivity contribution in [2.45, 2.75) is 13.8 Å². The van der Waals surface area contributed by atoms with E-state index in [4.69, 9.17) is 33.7 Å². The summed E-state index contributed by atoms with van der Waals surface area (Å²) in [6.45, 7) is 3.41. The summed E-state index contributed by atoms with van der Waals surface area (Å²) in [4.78, 5) is 12.0. The van der Waals surface area contributed by atoms with Gasteiger partial charge in [-0.05, 0) is 38.2 Å². The minimum atomic E-state index is -0.663. The molecule has 0 heterocycles. The summed E-state index contributed by atoms with van der Waals surface area (Å²) in [6.07, 6.45) is 0. The Morgan fingerprint density at radius 3 is 2.70 bits per heavy atom. The van der Waals surface area contributed by atoms with Gasteiger partial charge in [0, 0.05) is 0 Å². The quantitative estimate of drug-likeness (QED) is 0.305. The maximum Gasteiger partial charge on any atom is 0.360 e. The van der Waals surface area contributed by atoms with E-state index < -0.39 is 5.97 Å². The summed E-state index contributed by atoms with van der Waals surface area (Å²) in [5, 5.41) is 8.42. The molecule has 124 valence electrons. The van der Waals surface area contributed by atoms with Crippen LogP contribution in [0.15, 0.2) is 28.4 Å². The lowest BCUT2D eigenvalue weighted by Crippen LogP contribution is -2.30. The molecule has 0 aliphatic carbocycles. The fourth-order valence-corrected chi connectivity index (χ4v) is 1.76. The maximum atomic E-state index is 12.0. The molecule has 0 aromatic heterocycles. The zero-order valence-electron chi connectivity index (χ0n) is 12.4. The van der Waals surface area contributed by atoms with E-state index in [0.717, 1.165) is 0 Å². The van der Waals surface area contributed by atoms with Gasteiger partial charge in [-0.25, -0.2) is 4.79 Å². The maximum absolute atomic E-state index is 12.0. The number of hydrazone groups is 2. The molecule has 23 heavy (non-hydrogen) atoms. The number of rotatable bonds is 6. The number of nitrogens with one attached hydrogen (secondary N) is 2. The Morgan fingerprint density at radius 2 is 2.09 bits per heavy atom. The number of thiocarbonyl (C=S) groups is 1. The number of hydrogen-bond donors (Lipinski definition) is 3. The standard InChI is InChI=1S/C13H15Cl2N5O2S/c1-3-22-12(21)11(7(2)17-20-13(16)23)19-18-9-6-4-5-8(14)10(9)15/h4-6,18H,3H2,1-2H3,(H3,16,20,23)/b17-7?,19-11-. The zero-order chi connectivity index (χ0) is 17.4. The molecule has 0 fully saturated rings. The lowest BCUT2D eigenvalue weighted by Gasteiger charge is -2.08. The predicted molar refractivity (Wildman–Crippen MR) is 97.2 cm³/mol. The van der Waals surface area contributed by atoms with E-state index in [-0.39, 0.29) is 28.2 Å². The average molecular weight is 376 g/mol. The summed E-state index contributed by atoms with van der Waals surface area (Å²) in [7, 11) is 0. The average Bonchev–Trinajstić information content (AvgIpc) is 2.49. The van der Waals surface area contributed by atoms with Gasteiger partial charge in [0.2, 0.25) is 0 Å². The van der Waals surface area contributed by atoms with Crippen molar-refractivity contribution in [3.8, 4) is 0 Å². The van der Waals surface area contributed by atoms with Crippen molar-refractivity contribution in [2.75, 3.05) is 12.0 Å². The first-order valence-corrected chi connectivity index (χ1v) is 7.58. The highest BCUT2D eigenvalue weighted by molar-refractivity contribution is 7.80. The molecule has 0 amide bonds. The summed E-state index contributed by atoms with van der Waals surface area (Å²) >= 11 is 16.6. The molecule has 1 aromatic carbocycles. The largest absolute Gasteiger partial charge is 0.461 e. The number of carbonyl (C=O) groups is 1. The number of nitrogens with two attached hydrogens (primary N) is 1. The van der Waals surface area contributed by atoms with Crippen molar-refractivity contribution in [2.24, 2.45) is 15.9 Å². The molecule has 0 radical (unpaired) electrons. The van der Waals surface area contributed by atoms with Crippen molar-refractivity contribution in [1.82, 2.24) is 5.43 Å². The van der Waals surface area contributed by atoms with Gasteiger partial charge in [-0.1, -0.05) is 29.3 Å². The summed E-state index contributed by atoms with van der Waals surface area (Å²) < 4.78 is 4.93. The normalized spacial score (nSPS) is 11.8. The van der Waals surface area contributed by atoms with Crippen molar-refractivity contribution < 1.29 is 9.53 Å². The van der Waals surface area contributed by atoms with E-state index >= 15 is 0 Å². The van der Waals surface area contributed by atoms with Crippen LogP contribution in [-0.4, -0.2) is 29.1 Å². The first-order valence-electron chi connectivity index (χ1n) is 6.41. The Labute approximate surface area is 148 Å². The number of halogens is 2. The second-order valence-electron chi connectivity index (χ2n) is 4.07. The van der Waals surface area contributed by atoms with Crippen LogP contribution < -0.4 is 16.6 Å². The number of hydrogen-bond acceptors (Lipinski definition) is 6. The molecule has 0 spiro atoms. The Morgan fingerprint density at radius 1 is 1.39 bits per heavy atom. The minimum Gasteiger partial charge on any atom is -0.461 e. The van der Waals surface area contributed by atoms with E-state index in [0.29, 0.717) is 10.7 Å². The van der Waals surface area contributed by atoms with Gasteiger partial charge in [-0.15, -0.1) is 0 Å². The highest BCUT2D eigenvalue weighted by atomic mass is 35.5. The van der Waals surface area contributed by atoms with Gasteiger partial charge in [-0.2, -0.15) is 10.2 Å². The smallest absolute Gasteiger partial charge is 0.360 e. The van der Waals surface area contributed by atoms with Crippen LogP contribution in [0, 0.1) is 0 Å². The molecule has 7 nitrogen and oxygen atoms in total. The van der Waals surface area contributed by atoms with Crippen molar-refractivity contribution in [3.05, 3.63) is 28.2 Å². The second kappa shape index (κ2) is 9.29. The Bertz CT molecular complexity index is 664. The Kier molecular flexibility index (Phi) is 7.73. The fraction of sp³-hybridized carbons (Fsp3) is 0.231. The van der Waals surface area contributed by atoms with Crippen LogP contribution in [0.2, 0.25) is 10.0 Å². The number of esters is 1. The highest BCUT2D eigenvalue weighted by Crippen LogP contribution is 2.29. The Balaban J connectivity index is 3.08. The van der Waals surface area contributed by atoms with Gasteiger partial charge in [-0.3, -0.25) is 10.9 Å². The van der Waals surface area contributed by atoms with Crippen LogP contribution in [0.3, 0.4) is 0 Å². The second-order valence-corrected chi connectivity index (χ2v) is 5.29. The SMILES string of the molecule is CCOC(=O)/C(=N\Nc1cccc(Cl)c1Cl)C(C)=NNC(N)=S. The number of ether oxygens (including phenoxy) is 1. The van der Waals surface area contributed by atoms with Gasteiger partial charge in [0.25, 0.3) is 0 Å². The molecule has 0 saturated heterocycles. The zero-order valence-corrected chi connectivity index (χ0v) is 14.7. The third-order valence-corrected chi connectivity index (χ3v) is 3.30. The van der Waals surface area contributed by atoms with Crippen LogP contribution in [0.5, 0.6) is 0 Å². The summed E-state index contributed by atoms with van der Waals surface area (Å²) in [5.74, 6) is -0.663. The molecular weight excluding hydrogens is 361 g/mol. The molecule has 1 aromatic rings. The van der Waals surface area contributed by atoms with Gasteiger partial charge < -0.3 is 10.5 Å². The molecule has 10 heteroatoms. The molecule has 1 rings (SSSR count). The molecule has 0 aliphatic heterocycles. The summed E-state index contributed by atoms with van der Waals surface area (Å²) in [6, 6.07) is 4.97. The molecular formula is C13H15Cl2N5O2S. The molecule has 0 aliphatic rings. The van der Waals surface area contributed by atoms with Crippen LogP contribution >= 0.6 is 35.4 Å². The molecule has 0 atom stereocenters. The monoisotopic (exact) mass is 375 g/mol. The van der Waals surface area contributed by atoms with E-state index in [1.54, 1.807) is 32.0 Å². The van der Waals surface area contributed by atoms with Gasteiger partial charge in [0.05, 0.1) is 28.1 Å². The van der Waals surface area contributed by atoms with E-state index in [9.17, 15) is 4.79 Å². The first-order chi connectivity index (χ1) is 10.9. The van der Waals surface area contributed by atoms with Crippen molar-refractivity contribution in [3.63, 3.8) is 0 Å². The van der Waals surface area contributed by atoms with Crippen molar-refractivity contribution >= 4 is 63.6 Å². The molecule has 0 bridgehead atoms. The van der Waals surface area contributed by atoms with Crippen LogP contribution in [0.1, 0.15) is 13.8 Å². The third kappa shape index (κ3) is 6.01. The van der Waals surface area contributed by atoms with E-state index in [1.165, 1.54) is 0 Å². The van der Waals surface area contributed by atoms with Crippen molar-refractivity contribution in [1.29, 1.82) is 0 Å². The topological polar surface area (TPSA) is 101 Å². The van der Waals surface area contributed by atoms with Gasteiger partial charge in [0.1, 0.15) is 0 Å². The first kappa shape index (κ1) is 19.1. The third-order valence-electron chi connectivity index (χ3n) is 2.39. The Hall–Kier alpha value is -1.90. The number of anilines is 1. The van der Waals surface area contributed by atoms with Crippen LogP contribution in [0.25, 0.3) is 0 Å². The predicted octanol–water partition coefficient (Wildman–Crippen LogP) is 2.53. The summed E-state index contributed by atoms with van der Waals surface area (Å²) in [5.41, 5.74) is 10.9. The van der Waals surface area contributed by atoms with Crippen LogP contribution in [0.4, 0.5) is 5.69 Å². The number of benzene rings is 1. The highest BCUT2D eigenvalue weighted by Gasteiger charge is 2.17. The number of nitrogens with zero attached hydrogens (tertiary/aromatic N) is 2. The van der Waals surface area contributed by atoms with Crippen LogP contribution in [-0.2, 0) is 9.53 Å². The number of carbonyl (C=O) groups excluding carboxylic acids is 1. The van der Waals surface area contributed by atoms with Gasteiger partial charge >= 0.3 is 5.97 Å². The lowest BCUT2D eigenvalue weighted by molar-refractivity contribution is -0.134. The van der Waals surface area contributed by atoms with Gasteiger partial charge in [0.15, 0.2) is 10.8 Å². The van der Waals surface area contributed by atoms with E-state index in [1.807, 2.05) is 0 Å².